The number of aryl methyl sites for hydroxylation is 1. The Balaban J connectivity index is 0.00000484. The monoisotopic (exact) mass is 436 g/mol. The Hall–Kier alpha value is -0.860. The molecule has 23 heavy (non-hydrogen) atoms. The summed E-state index contributed by atoms with van der Waals surface area (Å²) in [4.78, 5) is 8.40. The van der Waals surface area contributed by atoms with Crippen LogP contribution in [0.2, 0.25) is 0 Å². The quantitative estimate of drug-likeness (QED) is 0.242. The van der Waals surface area contributed by atoms with Gasteiger partial charge in [0, 0.05) is 20.6 Å². The van der Waals surface area contributed by atoms with Gasteiger partial charge in [0.05, 0.1) is 6.54 Å². The lowest BCUT2D eigenvalue weighted by atomic mass is 10.1. The Morgan fingerprint density at radius 2 is 1.74 bits per heavy atom. The van der Waals surface area contributed by atoms with Crippen molar-refractivity contribution in [1.29, 1.82) is 0 Å². The number of rotatable bonds is 11. The molecule has 1 aromatic heterocycles. The van der Waals surface area contributed by atoms with Gasteiger partial charge in [-0.1, -0.05) is 51.9 Å². The number of halogens is 1. The molecular weight excluding hydrogens is 403 g/mol. The number of hydrogen-bond acceptors (Lipinski definition) is 3. The van der Waals surface area contributed by atoms with Crippen LogP contribution in [0.15, 0.2) is 11.3 Å². The fourth-order valence-corrected chi connectivity index (χ4v) is 2.33. The fourth-order valence-electron chi connectivity index (χ4n) is 2.33. The lowest BCUT2D eigenvalue weighted by Gasteiger charge is -2.11. The lowest BCUT2D eigenvalue weighted by Crippen LogP contribution is -2.37. The maximum absolute atomic E-state index is 4.22. The molecule has 0 radical (unpaired) electrons. The number of unbranched alkanes of at least 4 members (excludes halogenated alkanes) is 7. The minimum absolute atomic E-state index is 0. The molecule has 0 aliphatic rings. The second-order valence-electron chi connectivity index (χ2n) is 5.63. The van der Waals surface area contributed by atoms with Gasteiger partial charge in [0.1, 0.15) is 12.2 Å². The van der Waals surface area contributed by atoms with Crippen molar-refractivity contribution in [2.24, 2.45) is 12.0 Å². The van der Waals surface area contributed by atoms with Crippen LogP contribution in [0.3, 0.4) is 0 Å². The van der Waals surface area contributed by atoms with Crippen LogP contribution >= 0.6 is 24.0 Å². The molecule has 0 aliphatic heterocycles. The van der Waals surface area contributed by atoms with E-state index in [0.717, 1.165) is 18.3 Å². The van der Waals surface area contributed by atoms with Crippen LogP contribution in [0.4, 0.5) is 0 Å². The standard InChI is InChI=1S/C16H32N6.HI/c1-4-5-6-7-8-9-10-11-12-18-16(17-2)19-13-15-20-14-21-22(15)3;/h14H,4-13H2,1-3H3,(H2,17,18,19);1H. The van der Waals surface area contributed by atoms with Gasteiger partial charge in [-0.05, 0) is 6.42 Å². The largest absolute Gasteiger partial charge is 0.356 e. The van der Waals surface area contributed by atoms with Crippen LogP contribution < -0.4 is 10.6 Å². The van der Waals surface area contributed by atoms with Gasteiger partial charge >= 0.3 is 0 Å². The van der Waals surface area contributed by atoms with Crippen molar-refractivity contribution in [3.8, 4) is 0 Å². The normalized spacial score (nSPS) is 11.2. The van der Waals surface area contributed by atoms with E-state index in [4.69, 9.17) is 0 Å². The van der Waals surface area contributed by atoms with Crippen molar-refractivity contribution in [1.82, 2.24) is 25.4 Å². The molecule has 6 nitrogen and oxygen atoms in total. The van der Waals surface area contributed by atoms with Crippen LogP contribution in [0.25, 0.3) is 0 Å². The number of aromatic nitrogens is 3. The van der Waals surface area contributed by atoms with E-state index >= 15 is 0 Å². The van der Waals surface area contributed by atoms with Crippen LogP contribution in [0.5, 0.6) is 0 Å². The van der Waals surface area contributed by atoms with Crippen LogP contribution in [0.1, 0.15) is 64.1 Å². The van der Waals surface area contributed by atoms with Gasteiger partial charge in [-0.2, -0.15) is 5.10 Å². The van der Waals surface area contributed by atoms with Crippen molar-refractivity contribution in [3.05, 3.63) is 12.2 Å². The molecule has 0 atom stereocenters. The molecule has 0 saturated heterocycles. The van der Waals surface area contributed by atoms with E-state index in [0.29, 0.717) is 6.54 Å². The molecular formula is C16H33IN6. The Kier molecular flexibility index (Phi) is 14.2. The highest BCUT2D eigenvalue weighted by atomic mass is 127. The summed E-state index contributed by atoms with van der Waals surface area (Å²) in [5.74, 6) is 1.72. The van der Waals surface area contributed by atoms with Crippen molar-refractivity contribution in [2.45, 2.75) is 64.8 Å². The summed E-state index contributed by atoms with van der Waals surface area (Å²) in [5, 5.41) is 10.6. The van der Waals surface area contributed by atoms with E-state index in [-0.39, 0.29) is 24.0 Å². The Morgan fingerprint density at radius 3 is 2.30 bits per heavy atom. The van der Waals surface area contributed by atoms with Gasteiger partial charge in [-0.25, -0.2) is 4.98 Å². The van der Waals surface area contributed by atoms with Crippen LogP contribution in [0, 0.1) is 0 Å². The first-order valence-corrected chi connectivity index (χ1v) is 8.55. The molecule has 7 heteroatoms. The molecule has 134 valence electrons. The molecule has 1 aromatic rings. The molecule has 0 bridgehead atoms. The third kappa shape index (κ3) is 10.5. The van der Waals surface area contributed by atoms with Gasteiger partial charge in [0.15, 0.2) is 5.96 Å². The average Bonchev–Trinajstić information content (AvgIpc) is 2.94. The van der Waals surface area contributed by atoms with Crippen molar-refractivity contribution in [2.75, 3.05) is 13.6 Å². The van der Waals surface area contributed by atoms with E-state index in [1.165, 1.54) is 51.4 Å². The van der Waals surface area contributed by atoms with E-state index in [1.807, 2.05) is 7.05 Å². The highest BCUT2D eigenvalue weighted by Crippen LogP contribution is 2.07. The Morgan fingerprint density at radius 1 is 1.09 bits per heavy atom. The first-order valence-electron chi connectivity index (χ1n) is 8.55. The first kappa shape index (κ1) is 22.1. The highest BCUT2D eigenvalue weighted by Gasteiger charge is 2.02. The molecule has 2 N–H and O–H groups in total. The predicted octanol–water partition coefficient (Wildman–Crippen LogP) is 3.24. The first-order chi connectivity index (χ1) is 10.8. The van der Waals surface area contributed by atoms with E-state index in [2.05, 4.69) is 32.6 Å². The number of nitrogens with zero attached hydrogens (tertiary/aromatic N) is 4. The third-order valence-electron chi connectivity index (χ3n) is 3.77. The average molecular weight is 436 g/mol. The zero-order chi connectivity index (χ0) is 16.0. The second-order valence-corrected chi connectivity index (χ2v) is 5.63. The van der Waals surface area contributed by atoms with Crippen molar-refractivity contribution < 1.29 is 0 Å². The number of hydrogen-bond donors (Lipinski definition) is 2. The van der Waals surface area contributed by atoms with Gasteiger partial charge in [-0.15, -0.1) is 24.0 Å². The van der Waals surface area contributed by atoms with Crippen LogP contribution in [-0.4, -0.2) is 34.3 Å². The number of aliphatic imine (C=N–C) groups is 1. The van der Waals surface area contributed by atoms with Gasteiger partial charge in [0.2, 0.25) is 0 Å². The molecule has 0 aliphatic carbocycles. The molecule has 0 aromatic carbocycles. The maximum Gasteiger partial charge on any atom is 0.191 e. The zero-order valence-corrected chi connectivity index (χ0v) is 17.2. The molecule has 0 unspecified atom stereocenters. The molecule has 1 heterocycles. The predicted molar refractivity (Wildman–Crippen MR) is 107 cm³/mol. The summed E-state index contributed by atoms with van der Waals surface area (Å²) in [6.07, 6.45) is 12.3. The molecule has 0 spiro atoms. The summed E-state index contributed by atoms with van der Waals surface area (Å²) < 4.78 is 1.76. The molecule has 0 saturated carbocycles. The lowest BCUT2D eigenvalue weighted by molar-refractivity contribution is 0.571. The fraction of sp³-hybridized carbons (Fsp3) is 0.812. The summed E-state index contributed by atoms with van der Waals surface area (Å²) in [6.45, 7) is 3.86. The topological polar surface area (TPSA) is 67.1 Å². The van der Waals surface area contributed by atoms with Gasteiger partial charge < -0.3 is 10.6 Å². The maximum atomic E-state index is 4.22. The van der Waals surface area contributed by atoms with Crippen molar-refractivity contribution >= 4 is 29.9 Å². The minimum Gasteiger partial charge on any atom is -0.356 e. The summed E-state index contributed by atoms with van der Waals surface area (Å²) >= 11 is 0. The van der Waals surface area contributed by atoms with Gasteiger partial charge in [0.25, 0.3) is 0 Å². The molecule has 0 fully saturated rings. The molecule has 0 amide bonds. The smallest absolute Gasteiger partial charge is 0.191 e. The van der Waals surface area contributed by atoms with E-state index in [1.54, 1.807) is 18.1 Å². The summed E-state index contributed by atoms with van der Waals surface area (Å²) in [6, 6.07) is 0. The van der Waals surface area contributed by atoms with E-state index in [9.17, 15) is 0 Å². The molecule has 1 rings (SSSR count). The van der Waals surface area contributed by atoms with Gasteiger partial charge in [-0.3, -0.25) is 9.67 Å². The Bertz CT molecular complexity index is 418. The zero-order valence-electron chi connectivity index (χ0n) is 14.8. The SMILES string of the molecule is CCCCCCCCCCNC(=NC)NCc1ncnn1C.I. The second kappa shape index (κ2) is 14.7. The summed E-state index contributed by atoms with van der Waals surface area (Å²) in [7, 11) is 3.68. The Labute approximate surface area is 158 Å². The van der Waals surface area contributed by atoms with Crippen LogP contribution in [-0.2, 0) is 13.6 Å². The van der Waals surface area contributed by atoms with E-state index < -0.39 is 0 Å². The number of nitrogens with one attached hydrogen (secondary N) is 2. The highest BCUT2D eigenvalue weighted by molar-refractivity contribution is 14.0. The minimum atomic E-state index is 0. The third-order valence-corrected chi connectivity index (χ3v) is 3.77. The summed E-state index contributed by atoms with van der Waals surface area (Å²) in [5.41, 5.74) is 0. The van der Waals surface area contributed by atoms with Crippen molar-refractivity contribution in [3.63, 3.8) is 0 Å². The number of guanidine groups is 1.